The maximum Gasteiger partial charge on any atom is 0.416 e. The first-order valence-electron chi connectivity index (χ1n) is 13.3. The number of carbonyl (C=O) groups is 2. The number of anilines is 1. The zero-order chi connectivity index (χ0) is 30.6. The molecule has 42 heavy (non-hydrogen) atoms. The fourth-order valence-corrected chi connectivity index (χ4v) is 4.48. The van der Waals surface area contributed by atoms with E-state index in [0.29, 0.717) is 35.3 Å². The van der Waals surface area contributed by atoms with Crippen LogP contribution >= 0.6 is 0 Å². The number of ether oxygens (including phenoxy) is 2. The molecule has 2 N–H and O–H groups in total. The number of carboxylic acid groups (broad SMARTS) is 1. The molecule has 0 spiro atoms. The van der Waals surface area contributed by atoms with Crippen LogP contribution in [0.2, 0.25) is 0 Å². The summed E-state index contributed by atoms with van der Waals surface area (Å²) in [6, 6.07) is 15.9. The first-order chi connectivity index (χ1) is 19.8. The van der Waals surface area contributed by atoms with Crippen molar-refractivity contribution in [2.75, 3.05) is 26.0 Å². The molecule has 0 radical (unpaired) electrons. The fourth-order valence-electron chi connectivity index (χ4n) is 4.48. The van der Waals surface area contributed by atoms with Crippen molar-refractivity contribution in [1.82, 2.24) is 9.47 Å². The highest BCUT2D eigenvalue weighted by atomic mass is 19.4. The van der Waals surface area contributed by atoms with Crippen molar-refractivity contribution in [3.05, 3.63) is 78.0 Å². The van der Waals surface area contributed by atoms with Gasteiger partial charge < -0.3 is 29.4 Å². The van der Waals surface area contributed by atoms with Crippen LogP contribution in [0.5, 0.6) is 17.2 Å². The number of hydrogen-bond acceptors (Lipinski definition) is 5. The summed E-state index contributed by atoms with van der Waals surface area (Å²) < 4.78 is 52.0. The molecule has 0 unspecified atom stereocenters. The van der Waals surface area contributed by atoms with Crippen LogP contribution in [0.25, 0.3) is 16.6 Å². The van der Waals surface area contributed by atoms with Gasteiger partial charge in [-0.05, 0) is 108 Å². The van der Waals surface area contributed by atoms with Gasteiger partial charge in [-0.3, -0.25) is 4.79 Å². The van der Waals surface area contributed by atoms with Crippen LogP contribution in [-0.2, 0) is 11.0 Å². The van der Waals surface area contributed by atoms with E-state index >= 15 is 0 Å². The van der Waals surface area contributed by atoms with Crippen molar-refractivity contribution in [2.24, 2.45) is 0 Å². The average molecular weight is 584 g/mol. The van der Waals surface area contributed by atoms with Crippen LogP contribution in [0.15, 0.2) is 66.7 Å². The van der Waals surface area contributed by atoms with Crippen LogP contribution in [0.4, 0.5) is 18.9 Å². The number of fused-ring (bicyclic) bond motifs is 1. The second kappa shape index (κ2) is 12.6. The summed E-state index contributed by atoms with van der Waals surface area (Å²) >= 11 is 0. The van der Waals surface area contributed by atoms with Gasteiger partial charge in [0.05, 0.1) is 22.9 Å². The summed E-state index contributed by atoms with van der Waals surface area (Å²) in [4.78, 5) is 27.5. The van der Waals surface area contributed by atoms with Crippen LogP contribution < -0.4 is 14.8 Å². The average Bonchev–Trinajstić information content (AvgIpc) is 3.22. The summed E-state index contributed by atoms with van der Waals surface area (Å²) in [7, 11) is 3.79. The van der Waals surface area contributed by atoms with E-state index in [9.17, 15) is 27.9 Å². The zero-order valence-electron chi connectivity index (χ0n) is 23.7. The van der Waals surface area contributed by atoms with Crippen molar-refractivity contribution in [3.8, 4) is 22.9 Å². The molecular formula is C31H32F3N3O5. The lowest BCUT2D eigenvalue weighted by Gasteiger charge is -2.13. The lowest BCUT2D eigenvalue weighted by atomic mass is 10.2. The van der Waals surface area contributed by atoms with E-state index in [2.05, 4.69) is 5.32 Å². The van der Waals surface area contributed by atoms with Crippen molar-refractivity contribution >= 4 is 28.5 Å². The quantitative estimate of drug-likeness (QED) is 0.194. The highest BCUT2D eigenvalue weighted by Crippen LogP contribution is 2.38. The predicted molar refractivity (Wildman–Crippen MR) is 154 cm³/mol. The number of benzene rings is 3. The number of nitrogens with zero attached hydrogens (tertiary/aromatic N) is 2. The molecular weight excluding hydrogens is 551 g/mol. The number of carbonyl (C=O) groups excluding carboxylic acids is 1. The maximum absolute atomic E-state index is 13.0. The monoisotopic (exact) mass is 583 g/mol. The molecule has 0 aliphatic heterocycles. The standard InChI is InChI=1S/C31H32F3N3O5/c1-19(2)41-22-13-9-21(10-14-22)37-26-16-15-24(42-23-11-7-20(8-12-23)31(32,33)34)18-25(26)28(29(37)30(39)40)35-27(38)6-5-17-36(3)4/h7-16,18-19H,5-6,17H2,1-4H3,(H,35,38)(H,39,40). The summed E-state index contributed by atoms with van der Waals surface area (Å²) in [6.07, 6.45) is -3.78. The third-order valence-corrected chi connectivity index (χ3v) is 6.30. The Kier molecular flexibility index (Phi) is 9.11. The molecule has 0 saturated carbocycles. The molecule has 8 nitrogen and oxygen atoms in total. The number of aromatic carboxylic acids is 1. The summed E-state index contributed by atoms with van der Waals surface area (Å²) in [6.45, 7) is 4.47. The third-order valence-electron chi connectivity index (χ3n) is 6.30. The number of aromatic nitrogens is 1. The van der Waals surface area contributed by atoms with E-state index in [1.807, 2.05) is 32.8 Å². The lowest BCUT2D eigenvalue weighted by molar-refractivity contribution is -0.137. The van der Waals surface area contributed by atoms with Gasteiger partial charge in [-0.15, -0.1) is 0 Å². The van der Waals surface area contributed by atoms with Crippen molar-refractivity contribution in [2.45, 2.75) is 39.0 Å². The Morgan fingerprint density at radius 1 is 0.952 bits per heavy atom. The number of nitrogens with one attached hydrogen (secondary N) is 1. The van der Waals surface area contributed by atoms with Gasteiger partial charge in [-0.25, -0.2) is 4.79 Å². The minimum absolute atomic E-state index is 0.0461. The van der Waals surface area contributed by atoms with Gasteiger partial charge in [0, 0.05) is 17.5 Å². The molecule has 0 fully saturated rings. The van der Waals surface area contributed by atoms with E-state index in [4.69, 9.17) is 9.47 Å². The minimum Gasteiger partial charge on any atom is -0.491 e. The highest BCUT2D eigenvalue weighted by Gasteiger charge is 2.30. The molecule has 222 valence electrons. The Hall–Kier alpha value is -4.51. The number of halogens is 3. The second-order valence-electron chi connectivity index (χ2n) is 10.3. The Morgan fingerprint density at radius 3 is 2.14 bits per heavy atom. The van der Waals surface area contributed by atoms with Crippen LogP contribution in [0.1, 0.15) is 42.7 Å². The molecule has 4 rings (SSSR count). The summed E-state index contributed by atoms with van der Waals surface area (Å²) in [5.74, 6) is -0.588. The largest absolute Gasteiger partial charge is 0.491 e. The molecule has 1 heterocycles. The zero-order valence-corrected chi connectivity index (χ0v) is 23.7. The number of alkyl halides is 3. The molecule has 0 aliphatic rings. The molecule has 0 aliphatic carbocycles. The molecule has 1 aromatic heterocycles. The van der Waals surface area contributed by atoms with Gasteiger partial charge in [0.15, 0.2) is 5.69 Å². The van der Waals surface area contributed by atoms with Gasteiger partial charge in [0.25, 0.3) is 0 Å². The number of carboxylic acids is 1. The number of rotatable bonds is 11. The molecule has 0 bridgehead atoms. The van der Waals surface area contributed by atoms with Gasteiger partial charge >= 0.3 is 12.1 Å². The number of amides is 1. The van der Waals surface area contributed by atoms with Crippen LogP contribution in [0, 0.1) is 0 Å². The normalized spacial score (nSPS) is 11.7. The molecule has 3 aromatic carbocycles. The van der Waals surface area contributed by atoms with Gasteiger partial charge in [0.1, 0.15) is 17.2 Å². The predicted octanol–water partition coefficient (Wildman–Crippen LogP) is 7.21. The van der Waals surface area contributed by atoms with Crippen LogP contribution in [-0.4, -0.2) is 53.2 Å². The molecule has 0 atom stereocenters. The maximum atomic E-state index is 13.0. The molecule has 0 saturated heterocycles. The first-order valence-corrected chi connectivity index (χ1v) is 13.3. The van der Waals surface area contributed by atoms with Gasteiger partial charge in [0.2, 0.25) is 5.91 Å². The van der Waals surface area contributed by atoms with E-state index in [1.165, 1.54) is 16.7 Å². The Labute approximate surface area is 241 Å². The van der Waals surface area contributed by atoms with Gasteiger partial charge in [-0.2, -0.15) is 13.2 Å². The Bertz CT molecular complexity index is 1560. The number of hydrogen-bond donors (Lipinski definition) is 2. The third kappa shape index (κ3) is 7.22. The van der Waals surface area contributed by atoms with Crippen LogP contribution in [0.3, 0.4) is 0 Å². The fraction of sp³-hybridized carbons (Fsp3) is 0.290. The van der Waals surface area contributed by atoms with Crippen molar-refractivity contribution in [3.63, 3.8) is 0 Å². The SMILES string of the molecule is CC(C)Oc1ccc(-n2c(C(=O)O)c(NC(=O)CCCN(C)C)c3cc(Oc4ccc(C(F)(F)F)cc4)ccc32)cc1. The van der Waals surface area contributed by atoms with E-state index in [1.54, 1.807) is 42.5 Å². The van der Waals surface area contributed by atoms with E-state index < -0.39 is 17.7 Å². The topological polar surface area (TPSA) is 93.0 Å². The molecule has 4 aromatic rings. The minimum atomic E-state index is -4.48. The summed E-state index contributed by atoms with van der Waals surface area (Å²) in [5, 5.41) is 13.5. The van der Waals surface area contributed by atoms with Crippen molar-refractivity contribution in [1.29, 1.82) is 0 Å². The smallest absolute Gasteiger partial charge is 0.416 e. The second-order valence-corrected chi connectivity index (χ2v) is 10.3. The molecule has 11 heteroatoms. The van der Waals surface area contributed by atoms with E-state index in [0.717, 1.165) is 12.1 Å². The highest BCUT2D eigenvalue weighted by molar-refractivity contribution is 6.12. The Morgan fingerprint density at radius 2 is 1.57 bits per heavy atom. The first kappa shape index (κ1) is 30.4. The van der Waals surface area contributed by atoms with Gasteiger partial charge in [-0.1, -0.05) is 0 Å². The van der Waals surface area contributed by atoms with Crippen molar-refractivity contribution < 1.29 is 37.3 Å². The van der Waals surface area contributed by atoms with E-state index in [-0.39, 0.29) is 41.3 Å². The summed E-state index contributed by atoms with van der Waals surface area (Å²) in [5.41, 5.74) is 0.131. The molecule has 1 amide bonds. The Balaban J connectivity index is 1.79. The lowest BCUT2D eigenvalue weighted by Crippen LogP contribution is -2.18.